The Morgan fingerprint density at radius 2 is 1.65 bits per heavy atom. The third-order valence-corrected chi connectivity index (χ3v) is 7.88. The summed E-state index contributed by atoms with van der Waals surface area (Å²) in [5.41, 5.74) is 3.01. The first-order valence-electron chi connectivity index (χ1n) is 11.9. The Labute approximate surface area is 199 Å². The summed E-state index contributed by atoms with van der Waals surface area (Å²) >= 11 is 0. The fourth-order valence-corrected chi connectivity index (χ4v) is 5.94. The molecule has 2 amide bonds. The molecule has 2 aromatic carbocycles. The molecule has 2 aliphatic carbocycles. The number of benzene rings is 2. The maximum atomic E-state index is 13.2. The number of amides is 2. The molecule has 178 valence electrons. The predicted molar refractivity (Wildman–Crippen MR) is 126 cm³/mol. The second kappa shape index (κ2) is 8.15. The Morgan fingerprint density at radius 1 is 1.06 bits per heavy atom. The highest BCUT2D eigenvalue weighted by molar-refractivity contribution is 5.90. The highest BCUT2D eigenvalue weighted by Gasteiger charge is 2.55. The first-order valence-corrected chi connectivity index (χ1v) is 11.9. The Bertz CT molecular complexity index is 1110. The van der Waals surface area contributed by atoms with E-state index in [9.17, 15) is 19.5 Å². The molecule has 0 aromatic heterocycles. The van der Waals surface area contributed by atoms with Crippen LogP contribution in [-0.2, 0) is 14.3 Å². The molecule has 3 aliphatic rings. The van der Waals surface area contributed by atoms with Crippen LogP contribution in [0, 0.1) is 11.3 Å². The maximum Gasteiger partial charge on any atom is 0.408 e. The molecule has 1 atom stereocenters. The van der Waals surface area contributed by atoms with E-state index >= 15 is 0 Å². The number of nitrogens with zero attached hydrogens (tertiary/aromatic N) is 1. The van der Waals surface area contributed by atoms with Gasteiger partial charge in [0.1, 0.15) is 12.1 Å². The summed E-state index contributed by atoms with van der Waals surface area (Å²) < 4.78 is 5.61. The number of hydrogen-bond acceptors (Lipinski definition) is 4. The van der Waals surface area contributed by atoms with Gasteiger partial charge in [0.15, 0.2) is 0 Å². The van der Waals surface area contributed by atoms with Gasteiger partial charge in [0.05, 0.1) is 5.92 Å². The minimum atomic E-state index is -1.21. The van der Waals surface area contributed by atoms with Crippen molar-refractivity contribution in [2.75, 3.05) is 19.7 Å². The van der Waals surface area contributed by atoms with Gasteiger partial charge in [-0.2, -0.15) is 0 Å². The number of fused-ring (bicyclic) bond motifs is 3. The quantitative estimate of drug-likeness (QED) is 0.700. The molecule has 1 saturated heterocycles. The fourth-order valence-electron chi connectivity index (χ4n) is 5.94. The predicted octanol–water partition coefficient (Wildman–Crippen LogP) is 4.02. The van der Waals surface area contributed by atoms with Crippen molar-refractivity contribution >= 4 is 18.0 Å². The zero-order valence-corrected chi connectivity index (χ0v) is 19.5. The number of hydrogen-bond donors (Lipinski definition) is 2. The van der Waals surface area contributed by atoms with Gasteiger partial charge in [-0.25, -0.2) is 4.79 Å². The van der Waals surface area contributed by atoms with Crippen molar-refractivity contribution < 1.29 is 24.2 Å². The SMILES string of the molecule is CC(C)(NC(=O)OCC1c2ccccc2-c2ccccc21)C(=O)N1CC(C(=O)O)C2(CCC2)C1. The molecule has 2 aromatic rings. The van der Waals surface area contributed by atoms with Crippen molar-refractivity contribution in [1.29, 1.82) is 0 Å². The lowest BCUT2D eigenvalue weighted by molar-refractivity contribution is -0.146. The molecule has 7 nitrogen and oxygen atoms in total. The van der Waals surface area contributed by atoms with Gasteiger partial charge < -0.3 is 20.1 Å². The van der Waals surface area contributed by atoms with Gasteiger partial charge in [-0.3, -0.25) is 9.59 Å². The molecule has 5 rings (SSSR count). The molecule has 2 fully saturated rings. The first kappa shape index (κ1) is 22.4. The van der Waals surface area contributed by atoms with Gasteiger partial charge in [0, 0.05) is 24.4 Å². The van der Waals surface area contributed by atoms with E-state index < -0.39 is 23.5 Å². The third kappa shape index (κ3) is 3.63. The number of likely N-dealkylation sites (tertiary alicyclic amines) is 1. The molecule has 1 unspecified atom stereocenters. The van der Waals surface area contributed by atoms with E-state index in [4.69, 9.17) is 4.74 Å². The Morgan fingerprint density at radius 3 is 2.15 bits per heavy atom. The van der Waals surface area contributed by atoms with Crippen molar-refractivity contribution in [2.24, 2.45) is 11.3 Å². The van der Waals surface area contributed by atoms with Crippen molar-refractivity contribution in [3.05, 3.63) is 59.7 Å². The Kier molecular flexibility index (Phi) is 5.38. The minimum Gasteiger partial charge on any atom is -0.481 e. The number of alkyl carbamates (subject to hydrolysis) is 1. The number of carbonyl (C=O) groups is 3. The number of carbonyl (C=O) groups excluding carboxylic acids is 2. The van der Waals surface area contributed by atoms with E-state index in [-0.39, 0.29) is 30.4 Å². The molecule has 1 saturated carbocycles. The van der Waals surface area contributed by atoms with Gasteiger partial charge in [-0.1, -0.05) is 55.0 Å². The van der Waals surface area contributed by atoms with E-state index in [1.165, 1.54) is 0 Å². The lowest BCUT2D eigenvalue weighted by Crippen LogP contribution is -2.56. The number of carboxylic acids is 1. The normalized spacial score (nSPS) is 20.4. The van der Waals surface area contributed by atoms with Crippen LogP contribution >= 0.6 is 0 Å². The molecular weight excluding hydrogens is 432 g/mol. The summed E-state index contributed by atoms with van der Waals surface area (Å²) in [6, 6.07) is 16.2. The summed E-state index contributed by atoms with van der Waals surface area (Å²) in [6.45, 7) is 4.05. The van der Waals surface area contributed by atoms with Crippen LogP contribution in [0.15, 0.2) is 48.5 Å². The van der Waals surface area contributed by atoms with Crippen molar-refractivity contribution in [3.8, 4) is 11.1 Å². The highest BCUT2D eigenvalue weighted by atomic mass is 16.5. The lowest BCUT2D eigenvalue weighted by Gasteiger charge is -2.41. The average Bonchev–Trinajstić information content (AvgIpc) is 3.34. The van der Waals surface area contributed by atoms with Gasteiger partial charge in [-0.15, -0.1) is 0 Å². The summed E-state index contributed by atoms with van der Waals surface area (Å²) in [5.74, 6) is -1.74. The molecule has 0 bridgehead atoms. The van der Waals surface area contributed by atoms with Gasteiger partial charge in [0.25, 0.3) is 0 Å². The van der Waals surface area contributed by atoms with Crippen molar-refractivity contribution in [1.82, 2.24) is 10.2 Å². The van der Waals surface area contributed by atoms with Crippen LogP contribution in [0.3, 0.4) is 0 Å². The van der Waals surface area contributed by atoms with E-state index in [2.05, 4.69) is 29.6 Å². The van der Waals surface area contributed by atoms with Crippen LogP contribution in [0.4, 0.5) is 4.79 Å². The molecule has 7 heteroatoms. The van der Waals surface area contributed by atoms with Gasteiger partial charge >= 0.3 is 12.1 Å². The minimum absolute atomic E-state index is 0.0645. The monoisotopic (exact) mass is 462 g/mol. The Balaban J connectivity index is 1.23. The molecule has 1 heterocycles. The van der Waals surface area contributed by atoms with Crippen LogP contribution in [0.2, 0.25) is 0 Å². The van der Waals surface area contributed by atoms with Gasteiger partial charge in [0.2, 0.25) is 5.91 Å². The number of nitrogens with one attached hydrogen (secondary N) is 1. The van der Waals surface area contributed by atoms with Gasteiger partial charge in [-0.05, 0) is 48.9 Å². The zero-order valence-electron chi connectivity index (χ0n) is 19.5. The van der Waals surface area contributed by atoms with Crippen molar-refractivity contribution in [3.63, 3.8) is 0 Å². The highest BCUT2D eigenvalue weighted by Crippen LogP contribution is 2.52. The summed E-state index contributed by atoms with van der Waals surface area (Å²) in [6.07, 6.45) is 1.99. The largest absolute Gasteiger partial charge is 0.481 e. The van der Waals surface area contributed by atoms with Crippen molar-refractivity contribution in [2.45, 2.75) is 44.6 Å². The topological polar surface area (TPSA) is 95.9 Å². The lowest BCUT2D eigenvalue weighted by atomic mass is 9.63. The van der Waals surface area contributed by atoms with Crippen LogP contribution in [0.25, 0.3) is 11.1 Å². The van der Waals surface area contributed by atoms with E-state index in [0.29, 0.717) is 6.54 Å². The molecule has 34 heavy (non-hydrogen) atoms. The molecule has 1 spiro atoms. The second-order valence-corrected chi connectivity index (χ2v) is 10.4. The Hall–Kier alpha value is -3.35. The van der Waals surface area contributed by atoms with Crippen LogP contribution < -0.4 is 5.32 Å². The molecular formula is C27H30N2O5. The average molecular weight is 463 g/mol. The van der Waals surface area contributed by atoms with Crippen LogP contribution in [-0.4, -0.2) is 53.2 Å². The molecule has 0 radical (unpaired) electrons. The number of aliphatic carboxylic acids is 1. The van der Waals surface area contributed by atoms with E-state index in [1.54, 1.807) is 18.7 Å². The zero-order chi connectivity index (χ0) is 24.1. The number of ether oxygens (including phenoxy) is 1. The summed E-state index contributed by atoms with van der Waals surface area (Å²) in [4.78, 5) is 39.3. The number of rotatable bonds is 5. The van der Waals surface area contributed by atoms with Crippen LogP contribution in [0.1, 0.15) is 50.2 Å². The summed E-state index contributed by atoms with van der Waals surface area (Å²) in [5, 5.41) is 12.4. The third-order valence-electron chi connectivity index (χ3n) is 7.88. The first-order chi connectivity index (χ1) is 16.2. The molecule has 2 N–H and O–H groups in total. The maximum absolute atomic E-state index is 13.2. The fraction of sp³-hybridized carbons (Fsp3) is 0.444. The van der Waals surface area contributed by atoms with Crippen LogP contribution in [0.5, 0.6) is 0 Å². The second-order valence-electron chi connectivity index (χ2n) is 10.4. The van der Waals surface area contributed by atoms with E-state index in [0.717, 1.165) is 41.5 Å². The number of carboxylic acid groups (broad SMARTS) is 1. The smallest absolute Gasteiger partial charge is 0.408 e. The van der Waals surface area contributed by atoms with E-state index in [1.807, 2.05) is 24.3 Å². The molecule has 1 aliphatic heterocycles. The summed E-state index contributed by atoms with van der Waals surface area (Å²) in [7, 11) is 0. The standard InChI is InChI=1S/C27H30N2O5/c1-26(2,24(32)29-14-22(23(30)31)27(16-29)12-7-13-27)28-25(33)34-15-21-19-10-5-3-8-17(19)18-9-4-6-11-20(18)21/h3-6,8-11,21-22H,7,12-16H2,1-2H3,(H,28,33)(H,30,31).